The Morgan fingerprint density at radius 3 is 2.00 bits per heavy atom. The maximum Gasteiger partial charge on any atom is 0.282 e. The van der Waals surface area contributed by atoms with Crippen molar-refractivity contribution in [2.24, 2.45) is 5.92 Å². The summed E-state index contributed by atoms with van der Waals surface area (Å²) in [5.74, 6) is 1.04. The molecule has 0 spiro atoms. The lowest BCUT2D eigenvalue weighted by Crippen LogP contribution is -2.38. The highest BCUT2D eigenvalue weighted by Gasteiger charge is 2.43. The Labute approximate surface area is 183 Å². The van der Waals surface area contributed by atoms with Crippen LogP contribution in [-0.4, -0.2) is 44.0 Å². The summed E-state index contributed by atoms with van der Waals surface area (Å²) < 4.78 is 10.7. The van der Waals surface area contributed by atoms with Crippen molar-refractivity contribution >= 4 is 23.1 Å². The van der Waals surface area contributed by atoms with Crippen LogP contribution in [0.25, 0.3) is 5.57 Å². The summed E-state index contributed by atoms with van der Waals surface area (Å²) in [6.45, 7) is 5.75. The second kappa shape index (κ2) is 8.46. The monoisotopic (exact) mass is 420 g/mol. The second-order valence-corrected chi connectivity index (χ2v) is 8.28. The largest absolute Gasteiger partial charge is 0.497 e. The number of likely N-dealkylation sites (tertiary alicyclic amines) is 1. The molecule has 2 amide bonds. The molecule has 2 aliphatic rings. The molecule has 0 N–H and O–H groups in total. The van der Waals surface area contributed by atoms with Crippen LogP contribution in [0.3, 0.4) is 0 Å². The number of anilines is 1. The smallest absolute Gasteiger partial charge is 0.282 e. The molecule has 2 aromatic rings. The molecular weight excluding hydrogens is 392 g/mol. The van der Waals surface area contributed by atoms with Gasteiger partial charge in [-0.15, -0.1) is 0 Å². The summed E-state index contributed by atoms with van der Waals surface area (Å²) in [5.41, 5.74) is 3.25. The molecule has 0 unspecified atom stereocenters. The number of amides is 2. The van der Waals surface area contributed by atoms with E-state index in [1.165, 1.54) is 4.90 Å². The van der Waals surface area contributed by atoms with E-state index in [0.29, 0.717) is 34.4 Å². The zero-order valence-electron chi connectivity index (χ0n) is 18.5. The average molecular weight is 421 g/mol. The predicted molar refractivity (Wildman–Crippen MR) is 120 cm³/mol. The van der Waals surface area contributed by atoms with Gasteiger partial charge in [0.1, 0.15) is 17.2 Å². The maximum absolute atomic E-state index is 13.7. The van der Waals surface area contributed by atoms with Crippen LogP contribution < -0.4 is 14.4 Å². The first-order chi connectivity index (χ1) is 14.9. The summed E-state index contributed by atoms with van der Waals surface area (Å²) in [6, 6.07) is 12.9. The van der Waals surface area contributed by atoms with Crippen molar-refractivity contribution in [2.45, 2.75) is 26.7 Å². The highest BCUT2D eigenvalue weighted by atomic mass is 16.5. The van der Waals surface area contributed by atoms with Gasteiger partial charge in [0.25, 0.3) is 11.8 Å². The van der Waals surface area contributed by atoms with Crippen LogP contribution in [0.4, 0.5) is 5.69 Å². The minimum Gasteiger partial charge on any atom is -0.497 e. The summed E-state index contributed by atoms with van der Waals surface area (Å²) in [6.07, 6.45) is 2.00. The summed E-state index contributed by atoms with van der Waals surface area (Å²) in [5, 5.41) is 0. The quantitative estimate of drug-likeness (QED) is 0.684. The van der Waals surface area contributed by atoms with E-state index in [2.05, 4.69) is 11.8 Å². The summed E-state index contributed by atoms with van der Waals surface area (Å²) in [7, 11) is 3.09. The molecule has 0 aliphatic carbocycles. The topological polar surface area (TPSA) is 59.1 Å². The van der Waals surface area contributed by atoms with E-state index in [0.717, 1.165) is 37.1 Å². The van der Waals surface area contributed by atoms with Gasteiger partial charge in [0.05, 0.1) is 25.5 Å². The lowest BCUT2D eigenvalue weighted by molar-refractivity contribution is -0.120. The molecule has 162 valence electrons. The number of hydrogen-bond donors (Lipinski definition) is 0. The number of carbonyl (C=O) groups excluding carboxylic acids is 2. The lowest BCUT2D eigenvalue weighted by Gasteiger charge is -2.32. The van der Waals surface area contributed by atoms with Crippen LogP contribution in [-0.2, 0) is 9.59 Å². The van der Waals surface area contributed by atoms with Crippen molar-refractivity contribution in [3.05, 3.63) is 59.3 Å². The molecule has 0 atom stereocenters. The predicted octanol–water partition coefficient (Wildman–Crippen LogP) is 4.03. The lowest BCUT2D eigenvalue weighted by atomic mass is 9.97. The number of carbonyl (C=O) groups is 2. The number of aryl methyl sites for hydroxylation is 1. The molecule has 6 heteroatoms. The average Bonchev–Trinajstić information content (AvgIpc) is 3.04. The third-order valence-electron chi connectivity index (χ3n) is 6.09. The Morgan fingerprint density at radius 2 is 1.45 bits per heavy atom. The van der Waals surface area contributed by atoms with Crippen molar-refractivity contribution in [2.75, 3.05) is 32.2 Å². The standard InChI is InChI=1S/C25H28N2O4/c1-16-5-7-18(8-6-16)22-23(26-11-9-17(2)10-12-26)25(29)27(24(22)28)19-13-20(30-3)15-21(14-19)31-4/h5-8,13-15,17H,9-12H2,1-4H3. The van der Waals surface area contributed by atoms with Gasteiger partial charge in [-0.05, 0) is 31.2 Å². The minimum absolute atomic E-state index is 0.301. The van der Waals surface area contributed by atoms with Crippen molar-refractivity contribution < 1.29 is 19.1 Å². The van der Waals surface area contributed by atoms with Gasteiger partial charge in [-0.3, -0.25) is 9.59 Å². The van der Waals surface area contributed by atoms with Crippen LogP contribution in [0.5, 0.6) is 11.5 Å². The molecule has 0 radical (unpaired) electrons. The Kier molecular flexibility index (Phi) is 5.72. The Morgan fingerprint density at radius 1 is 0.871 bits per heavy atom. The molecular formula is C25H28N2O4. The van der Waals surface area contributed by atoms with Crippen LogP contribution >= 0.6 is 0 Å². The fourth-order valence-corrected chi connectivity index (χ4v) is 4.18. The van der Waals surface area contributed by atoms with E-state index >= 15 is 0 Å². The van der Waals surface area contributed by atoms with Crippen LogP contribution in [0.2, 0.25) is 0 Å². The number of imide groups is 1. The number of rotatable bonds is 5. The molecule has 0 saturated carbocycles. The van der Waals surface area contributed by atoms with Gasteiger partial charge in [-0.1, -0.05) is 36.8 Å². The molecule has 0 bridgehead atoms. The Bertz CT molecular complexity index is 1010. The highest BCUT2D eigenvalue weighted by molar-refractivity contribution is 6.45. The van der Waals surface area contributed by atoms with Gasteiger partial charge in [0.15, 0.2) is 0 Å². The molecule has 6 nitrogen and oxygen atoms in total. The van der Waals surface area contributed by atoms with Gasteiger partial charge in [0.2, 0.25) is 0 Å². The fraction of sp³-hybridized carbons (Fsp3) is 0.360. The molecule has 2 aliphatic heterocycles. The normalized spacial score (nSPS) is 17.5. The molecule has 31 heavy (non-hydrogen) atoms. The molecule has 1 fully saturated rings. The van der Waals surface area contributed by atoms with E-state index in [1.807, 2.05) is 31.2 Å². The maximum atomic E-state index is 13.7. The Hall–Kier alpha value is -3.28. The number of hydrogen-bond acceptors (Lipinski definition) is 5. The first kappa shape index (κ1) is 21.0. The molecule has 4 rings (SSSR count). The summed E-state index contributed by atoms with van der Waals surface area (Å²) in [4.78, 5) is 30.6. The number of methoxy groups -OCH3 is 2. The van der Waals surface area contributed by atoms with E-state index in [9.17, 15) is 9.59 Å². The van der Waals surface area contributed by atoms with Crippen molar-refractivity contribution in [3.63, 3.8) is 0 Å². The number of nitrogens with zero attached hydrogens (tertiary/aromatic N) is 2. The SMILES string of the molecule is COc1cc(OC)cc(N2C(=O)C(c3ccc(C)cc3)=C(N3CCC(C)CC3)C2=O)c1. The van der Waals surface area contributed by atoms with Gasteiger partial charge in [-0.25, -0.2) is 4.90 Å². The molecule has 2 aromatic carbocycles. The zero-order chi connectivity index (χ0) is 22.1. The first-order valence-electron chi connectivity index (χ1n) is 10.6. The second-order valence-electron chi connectivity index (χ2n) is 8.28. The number of ether oxygens (including phenoxy) is 2. The number of piperidine rings is 1. The van der Waals surface area contributed by atoms with Gasteiger partial charge in [0, 0.05) is 31.3 Å². The van der Waals surface area contributed by atoms with Gasteiger partial charge < -0.3 is 14.4 Å². The molecule has 0 aromatic heterocycles. The third-order valence-corrected chi connectivity index (χ3v) is 6.09. The highest BCUT2D eigenvalue weighted by Crippen LogP contribution is 2.38. The Balaban J connectivity index is 1.81. The van der Waals surface area contributed by atoms with E-state index in [-0.39, 0.29) is 11.8 Å². The fourth-order valence-electron chi connectivity index (χ4n) is 4.18. The van der Waals surface area contributed by atoms with E-state index in [1.54, 1.807) is 32.4 Å². The minimum atomic E-state index is -0.321. The van der Waals surface area contributed by atoms with Crippen molar-refractivity contribution in [1.29, 1.82) is 0 Å². The molecule has 1 saturated heterocycles. The van der Waals surface area contributed by atoms with Crippen molar-refractivity contribution in [1.82, 2.24) is 4.90 Å². The number of benzene rings is 2. The first-order valence-corrected chi connectivity index (χ1v) is 10.6. The van der Waals surface area contributed by atoms with Crippen LogP contribution in [0.15, 0.2) is 48.2 Å². The summed E-state index contributed by atoms with van der Waals surface area (Å²) >= 11 is 0. The van der Waals surface area contributed by atoms with Crippen LogP contribution in [0, 0.1) is 12.8 Å². The van der Waals surface area contributed by atoms with Crippen LogP contribution in [0.1, 0.15) is 30.9 Å². The van der Waals surface area contributed by atoms with E-state index < -0.39 is 0 Å². The van der Waals surface area contributed by atoms with E-state index in [4.69, 9.17) is 9.47 Å². The van der Waals surface area contributed by atoms with Gasteiger partial charge >= 0.3 is 0 Å². The van der Waals surface area contributed by atoms with Gasteiger partial charge in [-0.2, -0.15) is 0 Å². The third kappa shape index (κ3) is 3.90. The zero-order valence-corrected chi connectivity index (χ0v) is 18.5. The van der Waals surface area contributed by atoms with Crippen molar-refractivity contribution in [3.8, 4) is 11.5 Å². The molecule has 2 heterocycles.